The van der Waals surface area contributed by atoms with Crippen molar-refractivity contribution in [2.45, 2.75) is 18.9 Å². The zero-order chi connectivity index (χ0) is 21.1. The first kappa shape index (κ1) is 20.2. The number of hydrogen-bond acceptors (Lipinski definition) is 5. The number of nitrogens with one attached hydrogen (secondary N) is 1. The number of hydrogen-bond donors (Lipinski definition) is 1. The molecule has 2 aromatic carbocycles. The van der Waals surface area contributed by atoms with E-state index in [0.29, 0.717) is 42.9 Å². The normalized spacial score (nSPS) is 16.7. The number of rotatable bonds is 6. The average Bonchev–Trinajstić information content (AvgIpc) is 3.57. The summed E-state index contributed by atoms with van der Waals surface area (Å²) in [6, 6.07) is 12.9. The number of nitrogens with zero attached hydrogens (tertiary/aromatic N) is 3. The summed E-state index contributed by atoms with van der Waals surface area (Å²) in [5.41, 5.74) is 2.54. The lowest BCUT2D eigenvalue weighted by Gasteiger charge is -2.35. The maximum absolute atomic E-state index is 12.5. The van der Waals surface area contributed by atoms with Gasteiger partial charge in [0.15, 0.2) is 0 Å². The molecule has 30 heavy (non-hydrogen) atoms. The molecule has 0 radical (unpaired) electrons. The summed E-state index contributed by atoms with van der Waals surface area (Å²) in [6.45, 7) is 2.57. The van der Waals surface area contributed by atoms with Crippen molar-refractivity contribution < 1.29 is 9.72 Å². The summed E-state index contributed by atoms with van der Waals surface area (Å²) in [6.07, 6.45) is 5.47. The molecule has 0 unspecified atom stereocenters. The lowest BCUT2D eigenvalue weighted by Crippen LogP contribution is -2.48. The Morgan fingerprint density at radius 1 is 1.10 bits per heavy atom. The highest BCUT2D eigenvalue weighted by atomic mass is 35.5. The first-order valence-electron chi connectivity index (χ1n) is 10.0. The summed E-state index contributed by atoms with van der Waals surface area (Å²) >= 11 is 5.88. The van der Waals surface area contributed by atoms with Crippen molar-refractivity contribution in [1.82, 2.24) is 4.90 Å². The van der Waals surface area contributed by atoms with Crippen molar-refractivity contribution in [2.75, 3.05) is 36.4 Å². The predicted molar refractivity (Wildman–Crippen MR) is 119 cm³/mol. The molecule has 8 heteroatoms. The number of piperazine rings is 1. The van der Waals surface area contributed by atoms with E-state index in [0.717, 1.165) is 24.1 Å². The number of benzene rings is 2. The zero-order valence-corrected chi connectivity index (χ0v) is 17.2. The topological polar surface area (TPSA) is 78.7 Å². The Morgan fingerprint density at radius 3 is 2.43 bits per heavy atom. The third-order valence-electron chi connectivity index (χ3n) is 5.36. The highest BCUT2D eigenvalue weighted by molar-refractivity contribution is 6.30. The molecule has 0 bridgehead atoms. The van der Waals surface area contributed by atoms with Gasteiger partial charge in [0.25, 0.3) is 5.69 Å². The quantitative estimate of drug-likeness (QED) is 0.425. The molecule has 156 valence electrons. The minimum absolute atomic E-state index is 0.0237. The van der Waals surface area contributed by atoms with Gasteiger partial charge in [0.2, 0.25) is 5.91 Å². The molecular formula is C22H23ClN4O3. The summed E-state index contributed by atoms with van der Waals surface area (Å²) < 4.78 is 0. The molecule has 1 aliphatic heterocycles. The van der Waals surface area contributed by atoms with Crippen molar-refractivity contribution >= 4 is 40.6 Å². The molecule has 0 spiro atoms. The van der Waals surface area contributed by atoms with Gasteiger partial charge >= 0.3 is 0 Å². The van der Waals surface area contributed by atoms with Crippen LogP contribution in [0.4, 0.5) is 17.1 Å². The molecular weight excluding hydrogens is 404 g/mol. The molecule has 4 rings (SSSR count). The van der Waals surface area contributed by atoms with Crippen LogP contribution in [-0.2, 0) is 4.79 Å². The Bertz CT molecular complexity index is 965. The number of carbonyl (C=O) groups is 1. The smallest absolute Gasteiger partial charge is 0.292 e. The van der Waals surface area contributed by atoms with Crippen molar-refractivity contribution in [2.24, 2.45) is 0 Å². The number of carbonyl (C=O) groups excluding carboxylic acids is 1. The number of nitro benzene ring substituents is 1. The van der Waals surface area contributed by atoms with E-state index in [1.165, 1.54) is 0 Å². The van der Waals surface area contributed by atoms with Gasteiger partial charge in [-0.15, -0.1) is 0 Å². The van der Waals surface area contributed by atoms with Gasteiger partial charge in [-0.3, -0.25) is 14.9 Å². The Balaban J connectivity index is 1.37. The van der Waals surface area contributed by atoms with E-state index in [1.54, 1.807) is 36.4 Å². The monoisotopic (exact) mass is 426 g/mol. The molecule has 1 amide bonds. The number of halogens is 1. The molecule has 1 aliphatic carbocycles. The number of nitro groups is 1. The molecule has 1 N–H and O–H groups in total. The van der Waals surface area contributed by atoms with Crippen LogP contribution in [0.3, 0.4) is 0 Å². The fourth-order valence-corrected chi connectivity index (χ4v) is 3.60. The molecule has 0 atom stereocenters. The Morgan fingerprint density at radius 2 is 1.80 bits per heavy atom. The third-order valence-corrected chi connectivity index (χ3v) is 5.61. The SMILES string of the molecule is O=C(/C=C/c1ccc(Cl)cc1)N1CCN(c2ccc([N+](=O)[O-])c(NC3CC3)c2)CC1. The second-order valence-corrected chi connectivity index (χ2v) is 8.01. The zero-order valence-electron chi connectivity index (χ0n) is 16.5. The third kappa shape index (κ3) is 4.91. The number of amides is 1. The van der Waals surface area contributed by atoms with Crippen molar-refractivity contribution in [1.29, 1.82) is 0 Å². The summed E-state index contributed by atoms with van der Waals surface area (Å²) in [7, 11) is 0. The molecule has 1 saturated carbocycles. The second kappa shape index (κ2) is 8.75. The maximum Gasteiger partial charge on any atom is 0.292 e. The average molecular weight is 427 g/mol. The van der Waals surface area contributed by atoms with Crippen LogP contribution in [0.1, 0.15) is 18.4 Å². The van der Waals surface area contributed by atoms with Crippen LogP contribution in [0, 0.1) is 10.1 Å². The first-order valence-corrected chi connectivity index (χ1v) is 10.4. The fraction of sp³-hybridized carbons (Fsp3) is 0.318. The van der Waals surface area contributed by atoms with E-state index in [4.69, 9.17) is 11.6 Å². The van der Waals surface area contributed by atoms with Crippen LogP contribution < -0.4 is 10.2 Å². The lowest BCUT2D eigenvalue weighted by molar-refractivity contribution is -0.384. The van der Waals surface area contributed by atoms with E-state index in [9.17, 15) is 14.9 Å². The van der Waals surface area contributed by atoms with E-state index in [-0.39, 0.29) is 16.5 Å². The van der Waals surface area contributed by atoms with E-state index in [2.05, 4.69) is 10.2 Å². The number of anilines is 2. The van der Waals surface area contributed by atoms with Crippen LogP contribution in [0.5, 0.6) is 0 Å². The molecule has 1 saturated heterocycles. The van der Waals surface area contributed by atoms with Gasteiger partial charge < -0.3 is 15.1 Å². The van der Waals surface area contributed by atoms with Crippen LogP contribution >= 0.6 is 11.6 Å². The summed E-state index contributed by atoms with van der Waals surface area (Å²) in [5, 5.41) is 15.2. The Kier molecular flexibility index (Phi) is 5.90. The van der Waals surface area contributed by atoms with Gasteiger partial charge in [0.1, 0.15) is 5.69 Å². The van der Waals surface area contributed by atoms with E-state index in [1.807, 2.05) is 23.1 Å². The molecule has 2 aromatic rings. The largest absolute Gasteiger partial charge is 0.377 e. The summed E-state index contributed by atoms with van der Waals surface area (Å²) in [5.74, 6) is -0.0237. The van der Waals surface area contributed by atoms with E-state index >= 15 is 0 Å². The van der Waals surface area contributed by atoms with Gasteiger partial charge in [0, 0.05) is 55.1 Å². The highest BCUT2D eigenvalue weighted by Gasteiger charge is 2.26. The molecule has 2 fully saturated rings. The standard InChI is InChI=1S/C22H23ClN4O3/c23-17-4-1-16(2-5-17)3-10-22(28)26-13-11-25(12-14-26)19-8-9-21(27(29)30)20(15-19)24-18-6-7-18/h1-5,8-10,15,18,24H,6-7,11-14H2/b10-3+. The maximum atomic E-state index is 12.5. The Hall–Kier alpha value is -3.06. The Labute approximate surface area is 180 Å². The lowest BCUT2D eigenvalue weighted by atomic mass is 10.2. The molecule has 1 heterocycles. The van der Waals surface area contributed by atoms with Crippen molar-refractivity contribution in [3.05, 3.63) is 69.2 Å². The van der Waals surface area contributed by atoms with Gasteiger partial charge in [0.05, 0.1) is 4.92 Å². The summed E-state index contributed by atoms with van der Waals surface area (Å²) in [4.78, 5) is 27.4. The van der Waals surface area contributed by atoms with Gasteiger partial charge in [-0.25, -0.2) is 0 Å². The van der Waals surface area contributed by atoms with Crippen LogP contribution in [0.15, 0.2) is 48.5 Å². The van der Waals surface area contributed by atoms with Crippen LogP contribution in [0.2, 0.25) is 5.02 Å². The van der Waals surface area contributed by atoms with E-state index < -0.39 is 0 Å². The van der Waals surface area contributed by atoms with Gasteiger partial charge in [-0.1, -0.05) is 23.7 Å². The molecule has 2 aliphatic rings. The fourth-order valence-electron chi connectivity index (χ4n) is 3.47. The van der Waals surface area contributed by atoms with Crippen molar-refractivity contribution in [3.8, 4) is 0 Å². The minimum Gasteiger partial charge on any atom is -0.377 e. The minimum atomic E-state index is -0.349. The second-order valence-electron chi connectivity index (χ2n) is 7.57. The predicted octanol–water partition coefficient (Wildman–Crippen LogP) is 4.18. The first-order chi connectivity index (χ1) is 14.5. The van der Waals surface area contributed by atoms with Gasteiger partial charge in [-0.05, 0) is 48.7 Å². The van der Waals surface area contributed by atoms with Crippen molar-refractivity contribution in [3.63, 3.8) is 0 Å². The van der Waals surface area contributed by atoms with Crippen LogP contribution in [-0.4, -0.2) is 48.0 Å². The van der Waals surface area contributed by atoms with Gasteiger partial charge in [-0.2, -0.15) is 0 Å². The highest BCUT2D eigenvalue weighted by Crippen LogP contribution is 2.34. The van der Waals surface area contributed by atoms with Crippen LogP contribution in [0.25, 0.3) is 6.08 Å². The molecule has 7 nitrogen and oxygen atoms in total. The molecule has 0 aromatic heterocycles.